The third kappa shape index (κ3) is 5.14. The fourth-order valence-electron chi connectivity index (χ4n) is 5.49. The van der Waals surface area contributed by atoms with Crippen LogP contribution in [-0.2, 0) is 26.2 Å². The first-order chi connectivity index (χ1) is 17.9. The van der Waals surface area contributed by atoms with E-state index >= 15 is 0 Å². The van der Waals surface area contributed by atoms with Crippen LogP contribution in [0, 0.1) is 17.8 Å². The fraction of sp³-hybridized carbons (Fsp3) is 0.448. The average molecular weight is 520 g/mol. The molecule has 2 aromatic rings. The third-order valence-electron chi connectivity index (χ3n) is 7.48. The molecule has 1 fully saturated rings. The molecule has 2 heterocycles. The standard InChI is InChI=1S/C29H34FN5O3/c1-28(2,3)15-23(34(5)25(36)21(31)14-18-10-12-19(30)13-11-18)26(37)35-17-29(16-24(35)32-4)20-8-6-7-9-22(20)33-27(29)38/h6-13,21,23-24H,14-17,31H2,1-3,5H3,(H,33,38)/t21-,23-,24-,29-/m0/s1. The molecule has 0 aromatic heterocycles. The number of carbonyl (C=O) groups is 3. The third-order valence-corrected chi connectivity index (χ3v) is 7.48. The summed E-state index contributed by atoms with van der Waals surface area (Å²) in [6.45, 7) is 13.8. The van der Waals surface area contributed by atoms with Crippen molar-refractivity contribution in [1.29, 1.82) is 0 Å². The van der Waals surface area contributed by atoms with Gasteiger partial charge in [-0.2, -0.15) is 0 Å². The molecule has 9 heteroatoms. The molecule has 4 rings (SSSR count). The number of nitrogens with zero attached hydrogens (tertiary/aromatic N) is 3. The second kappa shape index (κ2) is 10.2. The van der Waals surface area contributed by atoms with Crippen molar-refractivity contribution in [2.24, 2.45) is 11.1 Å². The first kappa shape index (κ1) is 27.3. The minimum Gasteiger partial charge on any atom is -0.332 e. The smallest absolute Gasteiger partial charge is 0.302 e. The number of hydrogen-bond donors (Lipinski definition) is 2. The van der Waals surface area contributed by atoms with Gasteiger partial charge in [-0.15, -0.1) is 0 Å². The first-order valence-corrected chi connectivity index (χ1v) is 12.7. The van der Waals surface area contributed by atoms with Gasteiger partial charge < -0.3 is 16.0 Å². The topological polar surface area (TPSA) is 100 Å². The van der Waals surface area contributed by atoms with Crippen LogP contribution in [0.2, 0.25) is 0 Å². The van der Waals surface area contributed by atoms with Crippen LogP contribution in [0.5, 0.6) is 0 Å². The molecule has 2 aliphatic heterocycles. The van der Waals surface area contributed by atoms with Gasteiger partial charge in [0.25, 0.3) is 5.91 Å². The van der Waals surface area contributed by atoms with Crippen LogP contribution in [0.15, 0.2) is 48.5 Å². The highest BCUT2D eigenvalue weighted by molar-refractivity contribution is 6.07. The number of rotatable bonds is 6. The van der Waals surface area contributed by atoms with E-state index in [0.717, 1.165) is 5.56 Å². The van der Waals surface area contributed by atoms with Crippen molar-refractivity contribution >= 4 is 23.4 Å². The Kier molecular flexibility index (Phi) is 7.31. The van der Waals surface area contributed by atoms with E-state index in [1.165, 1.54) is 21.9 Å². The van der Waals surface area contributed by atoms with Crippen molar-refractivity contribution in [1.82, 2.24) is 9.80 Å². The number of fused-ring (bicyclic) bond motifs is 2. The molecule has 4 atom stereocenters. The summed E-state index contributed by atoms with van der Waals surface area (Å²) in [7, 11) is 1.55. The predicted molar refractivity (Wildman–Crippen MR) is 142 cm³/mol. The van der Waals surface area contributed by atoms with E-state index in [0.29, 0.717) is 17.7 Å². The normalized spacial score (nSPS) is 22.0. The van der Waals surface area contributed by atoms with Crippen LogP contribution < -0.4 is 11.1 Å². The van der Waals surface area contributed by atoms with E-state index in [4.69, 9.17) is 12.3 Å². The van der Waals surface area contributed by atoms with Crippen molar-refractivity contribution in [3.05, 3.63) is 76.9 Å². The molecular weight excluding hydrogens is 485 g/mol. The Morgan fingerprint density at radius 1 is 1.24 bits per heavy atom. The second-order valence-corrected chi connectivity index (χ2v) is 11.5. The van der Waals surface area contributed by atoms with Crippen molar-refractivity contribution in [2.45, 2.75) is 63.7 Å². The number of hydrogen-bond acceptors (Lipinski definition) is 4. The number of halogens is 1. The number of amides is 3. The Hall–Kier alpha value is -3.77. The highest BCUT2D eigenvalue weighted by Gasteiger charge is 2.59. The van der Waals surface area contributed by atoms with Crippen molar-refractivity contribution in [3.8, 4) is 0 Å². The zero-order chi connectivity index (χ0) is 27.8. The van der Waals surface area contributed by atoms with Gasteiger partial charge in [0.2, 0.25) is 11.8 Å². The van der Waals surface area contributed by atoms with Gasteiger partial charge >= 0.3 is 6.17 Å². The molecule has 2 aromatic carbocycles. The minimum atomic E-state index is -1.00. The van der Waals surface area contributed by atoms with Gasteiger partial charge in [-0.1, -0.05) is 51.1 Å². The molecule has 0 bridgehead atoms. The monoisotopic (exact) mass is 519 g/mol. The molecule has 8 nitrogen and oxygen atoms in total. The van der Waals surface area contributed by atoms with Crippen LogP contribution in [0.4, 0.5) is 10.1 Å². The molecule has 0 saturated carbocycles. The number of carbonyl (C=O) groups excluding carboxylic acids is 3. The van der Waals surface area contributed by atoms with Gasteiger partial charge in [0.05, 0.1) is 12.5 Å². The number of likely N-dealkylation sites (tertiary alicyclic amines) is 1. The number of likely N-dealkylation sites (N-methyl/N-ethyl adjacent to an activating group) is 1. The van der Waals surface area contributed by atoms with Crippen LogP contribution in [0.1, 0.15) is 44.7 Å². The van der Waals surface area contributed by atoms with E-state index in [2.05, 4.69) is 10.2 Å². The molecular formula is C29H34FN5O3. The lowest BCUT2D eigenvalue weighted by molar-refractivity contribution is -0.146. The molecule has 0 unspecified atom stereocenters. The number of nitrogens with one attached hydrogen (secondary N) is 1. The van der Waals surface area contributed by atoms with Gasteiger partial charge in [0.15, 0.2) is 0 Å². The fourth-order valence-corrected chi connectivity index (χ4v) is 5.49. The molecule has 200 valence electrons. The van der Waals surface area contributed by atoms with Crippen molar-refractivity contribution in [2.75, 3.05) is 18.9 Å². The summed E-state index contributed by atoms with van der Waals surface area (Å²) in [6, 6.07) is 11.3. The van der Waals surface area contributed by atoms with E-state index in [-0.39, 0.29) is 42.4 Å². The van der Waals surface area contributed by atoms with Gasteiger partial charge in [-0.3, -0.25) is 24.1 Å². The largest absolute Gasteiger partial charge is 0.332 e. The number of para-hydroxylation sites is 1. The maximum atomic E-state index is 14.1. The summed E-state index contributed by atoms with van der Waals surface area (Å²) in [6.07, 6.45) is -0.115. The molecule has 0 radical (unpaired) electrons. The molecule has 2 aliphatic rings. The van der Waals surface area contributed by atoms with Crippen LogP contribution >= 0.6 is 0 Å². The first-order valence-electron chi connectivity index (χ1n) is 12.7. The maximum Gasteiger partial charge on any atom is 0.302 e. The van der Waals surface area contributed by atoms with Gasteiger partial charge in [-0.05, 0) is 47.6 Å². The van der Waals surface area contributed by atoms with Crippen LogP contribution in [-0.4, -0.2) is 59.4 Å². The number of benzene rings is 2. The van der Waals surface area contributed by atoms with E-state index in [1.807, 2.05) is 45.0 Å². The zero-order valence-electron chi connectivity index (χ0n) is 22.2. The zero-order valence-corrected chi connectivity index (χ0v) is 22.2. The van der Waals surface area contributed by atoms with E-state index in [9.17, 15) is 18.8 Å². The van der Waals surface area contributed by atoms with E-state index < -0.39 is 29.6 Å². The van der Waals surface area contributed by atoms with E-state index in [1.54, 1.807) is 19.2 Å². The Balaban J connectivity index is 1.60. The molecule has 3 amide bonds. The predicted octanol–water partition coefficient (Wildman–Crippen LogP) is 3.33. The van der Waals surface area contributed by atoms with Gasteiger partial charge in [0, 0.05) is 19.3 Å². The molecule has 3 N–H and O–H groups in total. The summed E-state index contributed by atoms with van der Waals surface area (Å²) >= 11 is 0. The lowest BCUT2D eigenvalue weighted by Crippen LogP contribution is -2.55. The highest BCUT2D eigenvalue weighted by Crippen LogP contribution is 2.47. The summed E-state index contributed by atoms with van der Waals surface area (Å²) in [5.41, 5.74) is 7.11. The Morgan fingerprint density at radius 2 is 1.89 bits per heavy atom. The minimum absolute atomic E-state index is 0.0615. The average Bonchev–Trinajstić information content (AvgIpc) is 3.40. The second-order valence-electron chi connectivity index (χ2n) is 11.5. The number of nitrogens with two attached hydrogens (primary N) is 1. The molecule has 0 aliphatic carbocycles. The summed E-state index contributed by atoms with van der Waals surface area (Å²) in [5, 5.41) is 2.90. The van der Waals surface area contributed by atoms with Crippen LogP contribution in [0.3, 0.4) is 0 Å². The maximum absolute atomic E-state index is 14.1. The summed E-state index contributed by atoms with van der Waals surface area (Å²) in [4.78, 5) is 47.2. The molecule has 1 saturated heterocycles. The molecule has 38 heavy (non-hydrogen) atoms. The van der Waals surface area contributed by atoms with Gasteiger partial charge in [-0.25, -0.2) is 11.0 Å². The SMILES string of the molecule is [C-]#[N+][C@@H]1C[C@@]2(CN1C(=O)[C@H](CC(C)(C)C)N(C)C(=O)[C@@H](N)Cc1ccc(F)cc1)C(=O)Nc1ccccc12. The lowest BCUT2D eigenvalue weighted by Gasteiger charge is -2.36. The quantitative estimate of drug-likeness (QED) is 0.572. The Bertz CT molecular complexity index is 1280. The van der Waals surface area contributed by atoms with Crippen molar-refractivity contribution < 1.29 is 18.8 Å². The number of anilines is 1. The summed E-state index contributed by atoms with van der Waals surface area (Å²) < 4.78 is 13.3. The highest BCUT2D eigenvalue weighted by atomic mass is 19.1. The van der Waals surface area contributed by atoms with Crippen LogP contribution in [0.25, 0.3) is 4.85 Å². The summed E-state index contributed by atoms with van der Waals surface area (Å²) in [5.74, 6) is -1.40. The van der Waals surface area contributed by atoms with Gasteiger partial charge in [0.1, 0.15) is 17.3 Å². The lowest BCUT2D eigenvalue weighted by atomic mass is 9.80. The Morgan fingerprint density at radius 3 is 2.53 bits per heavy atom. The van der Waals surface area contributed by atoms with Crippen molar-refractivity contribution in [3.63, 3.8) is 0 Å². The Labute approximate surface area is 222 Å². The molecule has 1 spiro atoms.